The van der Waals surface area contributed by atoms with E-state index < -0.39 is 0 Å². The van der Waals surface area contributed by atoms with Crippen LogP contribution in [0.5, 0.6) is 5.75 Å². The van der Waals surface area contributed by atoms with Crippen molar-refractivity contribution in [2.24, 2.45) is 4.99 Å². The van der Waals surface area contributed by atoms with Crippen molar-refractivity contribution in [2.75, 3.05) is 6.54 Å². The van der Waals surface area contributed by atoms with Gasteiger partial charge in [0.2, 0.25) is 0 Å². The molecule has 7 heteroatoms. The zero-order chi connectivity index (χ0) is 19.5. The van der Waals surface area contributed by atoms with Crippen LogP contribution in [0, 0.1) is 0 Å². The van der Waals surface area contributed by atoms with E-state index >= 15 is 0 Å². The predicted molar refractivity (Wildman–Crippen MR) is 111 cm³/mol. The SMILES string of the molecule is C=Nc1[nH]c(-c2cn[nH]c2)cc1/C(=C\C)Oc1cnc2c(c1)CNC[C@@H]2CC. The van der Waals surface area contributed by atoms with Crippen LogP contribution in [0.25, 0.3) is 17.0 Å². The molecule has 3 aromatic rings. The Kier molecular flexibility index (Phi) is 5.08. The number of aliphatic imine (C=N–C) groups is 1. The number of pyridine rings is 1. The Labute approximate surface area is 164 Å². The van der Waals surface area contributed by atoms with Crippen LogP contribution in [-0.2, 0) is 6.54 Å². The fourth-order valence-corrected chi connectivity index (χ4v) is 3.59. The highest BCUT2D eigenvalue weighted by molar-refractivity contribution is 5.77. The quantitative estimate of drug-likeness (QED) is 0.445. The van der Waals surface area contributed by atoms with Gasteiger partial charge in [-0.1, -0.05) is 6.92 Å². The molecule has 0 aliphatic carbocycles. The Morgan fingerprint density at radius 1 is 1.39 bits per heavy atom. The largest absolute Gasteiger partial charge is 0.455 e. The third kappa shape index (κ3) is 3.36. The van der Waals surface area contributed by atoms with E-state index in [-0.39, 0.29) is 0 Å². The van der Waals surface area contributed by atoms with E-state index in [4.69, 9.17) is 9.72 Å². The average molecular weight is 376 g/mol. The summed E-state index contributed by atoms with van der Waals surface area (Å²) < 4.78 is 6.20. The molecule has 3 aromatic heterocycles. The molecule has 0 unspecified atom stereocenters. The van der Waals surface area contributed by atoms with Crippen molar-refractivity contribution in [1.29, 1.82) is 0 Å². The molecular weight excluding hydrogens is 352 g/mol. The van der Waals surface area contributed by atoms with Crippen molar-refractivity contribution < 1.29 is 4.74 Å². The maximum Gasteiger partial charge on any atom is 0.146 e. The number of nitrogens with one attached hydrogen (secondary N) is 3. The summed E-state index contributed by atoms with van der Waals surface area (Å²) in [5.74, 6) is 2.53. The van der Waals surface area contributed by atoms with Gasteiger partial charge >= 0.3 is 0 Å². The summed E-state index contributed by atoms with van der Waals surface area (Å²) in [7, 11) is 0. The number of H-pyrrole nitrogens is 2. The maximum atomic E-state index is 6.20. The van der Waals surface area contributed by atoms with Gasteiger partial charge in [0.1, 0.15) is 17.3 Å². The lowest BCUT2D eigenvalue weighted by Gasteiger charge is -2.24. The molecule has 144 valence electrons. The number of allylic oxidation sites excluding steroid dienone is 1. The highest BCUT2D eigenvalue weighted by atomic mass is 16.5. The van der Waals surface area contributed by atoms with Crippen LogP contribution in [0.4, 0.5) is 5.82 Å². The minimum absolute atomic E-state index is 0.456. The van der Waals surface area contributed by atoms with Gasteiger partial charge in [0.15, 0.2) is 0 Å². The summed E-state index contributed by atoms with van der Waals surface area (Å²) in [6, 6.07) is 4.07. The number of hydrogen-bond donors (Lipinski definition) is 3. The molecule has 0 radical (unpaired) electrons. The summed E-state index contributed by atoms with van der Waals surface area (Å²) in [4.78, 5) is 12.1. The normalized spacial score (nSPS) is 16.6. The molecule has 1 aliphatic rings. The highest BCUT2D eigenvalue weighted by Gasteiger charge is 2.21. The first-order valence-electron chi connectivity index (χ1n) is 9.46. The zero-order valence-electron chi connectivity index (χ0n) is 16.1. The lowest BCUT2D eigenvalue weighted by Crippen LogP contribution is -2.28. The Balaban J connectivity index is 1.63. The molecule has 4 rings (SSSR count). The molecule has 0 amide bonds. The van der Waals surface area contributed by atoms with Gasteiger partial charge in [0, 0.05) is 36.5 Å². The van der Waals surface area contributed by atoms with E-state index in [0.717, 1.165) is 36.3 Å². The lowest BCUT2D eigenvalue weighted by molar-refractivity contribution is 0.490. The predicted octanol–water partition coefficient (Wildman–Crippen LogP) is 4.17. The van der Waals surface area contributed by atoms with Crippen molar-refractivity contribution in [2.45, 2.75) is 32.7 Å². The van der Waals surface area contributed by atoms with E-state index in [9.17, 15) is 0 Å². The van der Waals surface area contributed by atoms with Crippen molar-refractivity contribution >= 4 is 18.3 Å². The molecule has 0 spiro atoms. The molecule has 3 N–H and O–H groups in total. The Morgan fingerprint density at radius 3 is 3.00 bits per heavy atom. The minimum atomic E-state index is 0.456. The summed E-state index contributed by atoms with van der Waals surface area (Å²) in [6.45, 7) is 9.60. The monoisotopic (exact) mass is 376 g/mol. The molecule has 0 saturated carbocycles. The third-order valence-corrected chi connectivity index (χ3v) is 5.08. The second-order valence-corrected chi connectivity index (χ2v) is 6.80. The second kappa shape index (κ2) is 7.82. The Morgan fingerprint density at radius 2 is 2.29 bits per heavy atom. The number of aromatic nitrogens is 4. The van der Waals surface area contributed by atoms with Crippen LogP contribution < -0.4 is 10.1 Å². The number of fused-ring (bicyclic) bond motifs is 1. The van der Waals surface area contributed by atoms with Crippen molar-refractivity contribution in [3.8, 4) is 17.0 Å². The van der Waals surface area contributed by atoms with Crippen LogP contribution in [0.3, 0.4) is 0 Å². The van der Waals surface area contributed by atoms with Crippen LogP contribution >= 0.6 is 0 Å². The van der Waals surface area contributed by atoms with Crippen LogP contribution in [-0.4, -0.2) is 33.4 Å². The van der Waals surface area contributed by atoms with E-state index in [1.165, 1.54) is 11.3 Å². The molecule has 0 aromatic carbocycles. The van der Waals surface area contributed by atoms with Crippen LogP contribution in [0.1, 0.15) is 43.0 Å². The van der Waals surface area contributed by atoms with Gasteiger partial charge in [-0.25, -0.2) is 4.99 Å². The molecule has 4 heterocycles. The molecule has 1 aliphatic heterocycles. The van der Waals surface area contributed by atoms with Crippen molar-refractivity contribution in [3.63, 3.8) is 0 Å². The maximum absolute atomic E-state index is 6.20. The lowest BCUT2D eigenvalue weighted by atomic mass is 9.94. The first kappa shape index (κ1) is 18.2. The first-order valence-corrected chi connectivity index (χ1v) is 9.46. The molecule has 28 heavy (non-hydrogen) atoms. The van der Waals surface area contributed by atoms with Crippen molar-refractivity contribution in [3.05, 3.63) is 53.6 Å². The number of nitrogens with zero attached hydrogens (tertiary/aromatic N) is 3. The number of aromatic amines is 2. The highest BCUT2D eigenvalue weighted by Crippen LogP contribution is 2.34. The molecular formula is C21H24N6O. The third-order valence-electron chi connectivity index (χ3n) is 5.08. The zero-order valence-corrected chi connectivity index (χ0v) is 16.1. The first-order chi connectivity index (χ1) is 13.7. The van der Waals surface area contributed by atoms with Crippen LogP contribution in [0.15, 0.2) is 41.8 Å². The van der Waals surface area contributed by atoms with Gasteiger partial charge in [0.05, 0.1) is 23.7 Å². The smallest absolute Gasteiger partial charge is 0.146 e. The average Bonchev–Trinajstić information content (AvgIpc) is 3.40. The summed E-state index contributed by atoms with van der Waals surface area (Å²) >= 11 is 0. The summed E-state index contributed by atoms with van der Waals surface area (Å²) in [6.07, 6.45) is 8.37. The molecule has 7 nitrogen and oxygen atoms in total. The van der Waals surface area contributed by atoms with E-state index in [2.05, 4.69) is 45.2 Å². The molecule has 0 fully saturated rings. The standard InChI is InChI=1S/C21H24N6O/c1-4-13-8-23-9-14-6-16(12-24-20(13)14)28-19(5-2)17-7-18(27-21(17)22-3)15-10-25-26-11-15/h5-7,10-13,23,27H,3-4,8-9H2,1-2H3,(H,25,26)/b19-5+/t13-/m0/s1. The fourth-order valence-electron chi connectivity index (χ4n) is 3.59. The fraction of sp³-hybridized carbons (Fsp3) is 0.286. The number of rotatable bonds is 6. The van der Waals surface area contributed by atoms with Gasteiger partial charge in [-0.15, -0.1) is 0 Å². The van der Waals surface area contributed by atoms with Gasteiger partial charge in [-0.05, 0) is 43.8 Å². The van der Waals surface area contributed by atoms with Gasteiger partial charge in [-0.3, -0.25) is 10.1 Å². The number of hydrogen-bond acceptors (Lipinski definition) is 5. The second-order valence-electron chi connectivity index (χ2n) is 6.80. The minimum Gasteiger partial charge on any atom is -0.455 e. The van der Waals surface area contributed by atoms with Gasteiger partial charge in [0.25, 0.3) is 0 Å². The Hall–Kier alpha value is -3.19. The van der Waals surface area contributed by atoms with Crippen LogP contribution in [0.2, 0.25) is 0 Å². The van der Waals surface area contributed by atoms with E-state index in [1.54, 1.807) is 12.4 Å². The van der Waals surface area contributed by atoms with E-state index in [0.29, 0.717) is 23.2 Å². The molecule has 1 atom stereocenters. The molecule has 0 saturated heterocycles. The topological polar surface area (TPSA) is 91.0 Å². The van der Waals surface area contributed by atoms with E-state index in [1.807, 2.05) is 25.3 Å². The van der Waals surface area contributed by atoms with Gasteiger partial charge in [-0.2, -0.15) is 5.10 Å². The summed E-state index contributed by atoms with van der Waals surface area (Å²) in [5, 5.41) is 10.3. The molecule has 0 bridgehead atoms. The van der Waals surface area contributed by atoms with Gasteiger partial charge < -0.3 is 15.0 Å². The Bertz CT molecular complexity index is 1000. The number of ether oxygens (including phenoxy) is 1. The summed E-state index contributed by atoms with van der Waals surface area (Å²) in [5.41, 5.74) is 5.05. The van der Waals surface area contributed by atoms with Crippen molar-refractivity contribution in [1.82, 2.24) is 25.5 Å².